The van der Waals surface area contributed by atoms with Gasteiger partial charge in [0.05, 0.1) is 5.56 Å². The molecule has 0 heterocycles. The van der Waals surface area contributed by atoms with E-state index in [4.69, 9.17) is 0 Å². The van der Waals surface area contributed by atoms with Gasteiger partial charge in [0.15, 0.2) is 5.78 Å². The molecule has 1 nitrogen and oxygen atoms in total. The lowest BCUT2D eigenvalue weighted by Crippen LogP contribution is -2.07. The van der Waals surface area contributed by atoms with Gasteiger partial charge in [0, 0.05) is 5.56 Å². The fraction of sp³-hybridized carbons (Fsp3) is 0.133. The minimum atomic E-state index is -0.832. The third kappa shape index (κ3) is 2.30. The van der Waals surface area contributed by atoms with Crippen molar-refractivity contribution in [1.82, 2.24) is 0 Å². The Morgan fingerprint density at radius 2 is 1.67 bits per heavy atom. The minimum absolute atomic E-state index is 0.304. The Hall–Kier alpha value is -2.03. The predicted molar refractivity (Wildman–Crippen MR) is 65.6 cm³/mol. The Labute approximate surface area is 104 Å². The van der Waals surface area contributed by atoms with E-state index in [1.807, 2.05) is 13.0 Å². The van der Waals surface area contributed by atoms with E-state index in [1.165, 1.54) is 6.07 Å². The van der Waals surface area contributed by atoms with Crippen LogP contribution in [-0.2, 0) is 6.42 Å². The van der Waals surface area contributed by atoms with E-state index in [2.05, 4.69) is 0 Å². The zero-order valence-electron chi connectivity index (χ0n) is 9.91. The topological polar surface area (TPSA) is 17.1 Å². The molecule has 3 heteroatoms. The van der Waals surface area contributed by atoms with E-state index in [-0.39, 0.29) is 0 Å². The molecule has 0 atom stereocenters. The van der Waals surface area contributed by atoms with Crippen molar-refractivity contribution < 1.29 is 13.6 Å². The van der Waals surface area contributed by atoms with Gasteiger partial charge in [-0.1, -0.05) is 31.2 Å². The first kappa shape index (κ1) is 12.4. The van der Waals surface area contributed by atoms with Crippen LogP contribution in [0.2, 0.25) is 0 Å². The van der Waals surface area contributed by atoms with Gasteiger partial charge < -0.3 is 0 Å². The van der Waals surface area contributed by atoms with Crippen LogP contribution in [0.15, 0.2) is 42.5 Å². The van der Waals surface area contributed by atoms with Crippen molar-refractivity contribution in [2.45, 2.75) is 13.3 Å². The van der Waals surface area contributed by atoms with Crippen LogP contribution in [0.25, 0.3) is 0 Å². The summed E-state index contributed by atoms with van der Waals surface area (Å²) in [5, 5.41) is 0. The number of aryl methyl sites for hydroxylation is 1. The number of ketones is 1. The summed E-state index contributed by atoms with van der Waals surface area (Å²) < 4.78 is 27.0. The molecule has 0 bridgehead atoms. The van der Waals surface area contributed by atoms with Crippen LogP contribution in [0.5, 0.6) is 0 Å². The normalized spacial score (nSPS) is 10.4. The van der Waals surface area contributed by atoms with E-state index in [0.717, 1.165) is 24.1 Å². The third-order valence-electron chi connectivity index (χ3n) is 2.79. The summed E-state index contributed by atoms with van der Waals surface area (Å²) in [6.45, 7) is 1.95. The van der Waals surface area contributed by atoms with Crippen LogP contribution in [-0.4, -0.2) is 5.78 Å². The summed E-state index contributed by atoms with van der Waals surface area (Å²) in [4.78, 5) is 12.1. The van der Waals surface area contributed by atoms with Gasteiger partial charge in [0.2, 0.25) is 0 Å². The van der Waals surface area contributed by atoms with Crippen molar-refractivity contribution in [3.8, 4) is 0 Å². The molecule has 92 valence electrons. The molecule has 0 unspecified atom stereocenters. The van der Waals surface area contributed by atoms with Crippen molar-refractivity contribution >= 4 is 5.78 Å². The molecule has 0 aliphatic rings. The Bertz CT molecular complexity index is 571. The molecule has 0 saturated carbocycles. The first-order valence-corrected chi connectivity index (χ1v) is 5.71. The Morgan fingerprint density at radius 3 is 2.28 bits per heavy atom. The molecule has 0 aliphatic heterocycles. The van der Waals surface area contributed by atoms with Gasteiger partial charge in [0.1, 0.15) is 11.6 Å². The standard InChI is InChI=1S/C15H12F2O/c1-2-10-5-3-6-11(9-10)15(18)14-12(16)7-4-8-13(14)17/h3-9H,2H2,1H3. The first-order valence-electron chi connectivity index (χ1n) is 5.71. The van der Waals surface area contributed by atoms with Crippen LogP contribution in [0.3, 0.4) is 0 Å². The van der Waals surface area contributed by atoms with Crippen LogP contribution in [0, 0.1) is 11.6 Å². The molecule has 0 aliphatic carbocycles. The fourth-order valence-corrected chi connectivity index (χ4v) is 1.79. The summed E-state index contributed by atoms with van der Waals surface area (Å²) >= 11 is 0. The highest BCUT2D eigenvalue weighted by Gasteiger charge is 2.18. The molecule has 2 aromatic rings. The molecule has 0 N–H and O–H groups in total. The molecule has 0 radical (unpaired) electrons. The van der Waals surface area contributed by atoms with Crippen LogP contribution >= 0.6 is 0 Å². The maximum absolute atomic E-state index is 13.5. The predicted octanol–water partition coefficient (Wildman–Crippen LogP) is 3.76. The summed E-state index contributed by atoms with van der Waals surface area (Å²) in [5.41, 5.74) is 0.765. The molecular weight excluding hydrogens is 234 g/mol. The average molecular weight is 246 g/mol. The van der Waals surface area contributed by atoms with Gasteiger partial charge in [-0.15, -0.1) is 0 Å². The molecule has 0 amide bonds. The molecule has 0 fully saturated rings. The monoisotopic (exact) mass is 246 g/mol. The lowest BCUT2D eigenvalue weighted by atomic mass is 10.00. The summed E-state index contributed by atoms with van der Waals surface area (Å²) in [6, 6.07) is 10.2. The summed E-state index contributed by atoms with van der Waals surface area (Å²) in [6.07, 6.45) is 0.765. The Morgan fingerprint density at radius 1 is 1.06 bits per heavy atom. The van der Waals surface area contributed by atoms with Crippen molar-refractivity contribution in [3.05, 3.63) is 70.8 Å². The lowest BCUT2D eigenvalue weighted by molar-refractivity contribution is 0.103. The van der Waals surface area contributed by atoms with Crippen LogP contribution < -0.4 is 0 Å². The molecule has 0 saturated heterocycles. The number of carbonyl (C=O) groups excluding carboxylic acids is 1. The quantitative estimate of drug-likeness (QED) is 0.754. The number of halogens is 2. The van der Waals surface area contributed by atoms with E-state index < -0.39 is 23.0 Å². The highest BCUT2D eigenvalue weighted by molar-refractivity contribution is 6.09. The van der Waals surface area contributed by atoms with Crippen molar-refractivity contribution in [3.63, 3.8) is 0 Å². The largest absolute Gasteiger partial charge is 0.288 e. The zero-order chi connectivity index (χ0) is 13.1. The Kier molecular flexibility index (Phi) is 3.51. The molecule has 0 aromatic heterocycles. The van der Waals surface area contributed by atoms with E-state index in [1.54, 1.807) is 18.2 Å². The molecular formula is C15H12F2O. The van der Waals surface area contributed by atoms with Crippen molar-refractivity contribution in [1.29, 1.82) is 0 Å². The van der Waals surface area contributed by atoms with Gasteiger partial charge in [-0.05, 0) is 30.2 Å². The van der Waals surface area contributed by atoms with E-state index in [0.29, 0.717) is 5.56 Å². The van der Waals surface area contributed by atoms with Crippen molar-refractivity contribution in [2.75, 3.05) is 0 Å². The number of hydrogen-bond acceptors (Lipinski definition) is 1. The minimum Gasteiger partial charge on any atom is -0.288 e. The van der Waals surface area contributed by atoms with Gasteiger partial charge >= 0.3 is 0 Å². The van der Waals surface area contributed by atoms with Gasteiger partial charge in [0.25, 0.3) is 0 Å². The second-order valence-corrected chi connectivity index (χ2v) is 3.98. The van der Waals surface area contributed by atoms with Crippen LogP contribution in [0.1, 0.15) is 28.4 Å². The highest BCUT2D eigenvalue weighted by Crippen LogP contribution is 2.18. The third-order valence-corrected chi connectivity index (χ3v) is 2.79. The number of carbonyl (C=O) groups is 1. The average Bonchev–Trinajstić information content (AvgIpc) is 2.38. The SMILES string of the molecule is CCc1cccc(C(=O)c2c(F)cccc2F)c1. The van der Waals surface area contributed by atoms with Gasteiger partial charge in [-0.25, -0.2) is 8.78 Å². The van der Waals surface area contributed by atoms with E-state index in [9.17, 15) is 13.6 Å². The summed E-state index contributed by atoms with van der Waals surface area (Å²) in [5.74, 6) is -2.29. The summed E-state index contributed by atoms with van der Waals surface area (Å²) in [7, 11) is 0. The molecule has 18 heavy (non-hydrogen) atoms. The number of benzene rings is 2. The van der Waals surface area contributed by atoms with E-state index >= 15 is 0 Å². The highest BCUT2D eigenvalue weighted by atomic mass is 19.1. The fourth-order valence-electron chi connectivity index (χ4n) is 1.79. The lowest BCUT2D eigenvalue weighted by Gasteiger charge is -2.05. The van der Waals surface area contributed by atoms with Gasteiger partial charge in [-0.2, -0.15) is 0 Å². The Balaban J connectivity index is 2.48. The molecule has 0 spiro atoms. The smallest absolute Gasteiger partial charge is 0.198 e. The maximum Gasteiger partial charge on any atom is 0.198 e. The second kappa shape index (κ2) is 5.08. The molecule has 2 rings (SSSR count). The zero-order valence-corrected chi connectivity index (χ0v) is 9.91. The van der Waals surface area contributed by atoms with Gasteiger partial charge in [-0.3, -0.25) is 4.79 Å². The van der Waals surface area contributed by atoms with Crippen molar-refractivity contribution in [2.24, 2.45) is 0 Å². The van der Waals surface area contributed by atoms with Crippen LogP contribution in [0.4, 0.5) is 8.78 Å². The maximum atomic E-state index is 13.5. The second-order valence-electron chi connectivity index (χ2n) is 3.98. The number of rotatable bonds is 3. The number of hydrogen-bond donors (Lipinski definition) is 0. The first-order chi connectivity index (χ1) is 8.63. The molecule has 2 aromatic carbocycles.